The zero-order valence-corrected chi connectivity index (χ0v) is 11.9. The van der Waals surface area contributed by atoms with Crippen molar-refractivity contribution in [2.24, 2.45) is 11.8 Å². The molecule has 0 bridgehead atoms. The molecule has 1 aliphatic carbocycles. The molecular formula is C17H32. The average Bonchev–Trinajstić information content (AvgIpc) is 2.38. The van der Waals surface area contributed by atoms with E-state index in [4.69, 9.17) is 0 Å². The quantitative estimate of drug-likeness (QED) is 0.334. The highest BCUT2D eigenvalue weighted by molar-refractivity contribution is 4.83. The molecule has 17 heavy (non-hydrogen) atoms. The van der Waals surface area contributed by atoms with Crippen LogP contribution >= 0.6 is 0 Å². The summed E-state index contributed by atoms with van der Waals surface area (Å²) in [6.45, 7) is 6.21. The second-order valence-electron chi connectivity index (χ2n) is 5.93. The van der Waals surface area contributed by atoms with Crippen molar-refractivity contribution in [2.45, 2.75) is 84.0 Å². The van der Waals surface area contributed by atoms with Gasteiger partial charge in [-0.25, -0.2) is 0 Å². The molecule has 0 spiro atoms. The van der Waals surface area contributed by atoms with Crippen LogP contribution in [0.5, 0.6) is 0 Å². The molecule has 0 atom stereocenters. The normalized spacial score (nSPS) is 24.8. The first-order chi connectivity index (χ1) is 8.36. The minimum Gasteiger partial charge on any atom is -0.103 e. The maximum absolute atomic E-state index is 3.92. The fourth-order valence-electron chi connectivity index (χ4n) is 3.10. The molecule has 0 aromatic carbocycles. The molecule has 0 radical (unpaired) electrons. The number of allylic oxidation sites excluding steroid dienone is 1. The van der Waals surface area contributed by atoms with E-state index in [1.165, 1.54) is 77.0 Å². The summed E-state index contributed by atoms with van der Waals surface area (Å²) in [5.41, 5.74) is 0. The van der Waals surface area contributed by atoms with E-state index in [1.54, 1.807) is 0 Å². The van der Waals surface area contributed by atoms with Gasteiger partial charge in [0, 0.05) is 0 Å². The molecule has 0 amide bonds. The monoisotopic (exact) mass is 236 g/mol. The smallest absolute Gasteiger partial charge is 0.0236 e. The molecule has 0 heteroatoms. The van der Waals surface area contributed by atoms with E-state index in [0.717, 1.165) is 11.8 Å². The maximum Gasteiger partial charge on any atom is -0.0236 e. The molecule has 0 heterocycles. The molecule has 1 rings (SSSR count). The molecule has 1 saturated carbocycles. The number of hydrogen-bond acceptors (Lipinski definition) is 0. The van der Waals surface area contributed by atoms with Crippen LogP contribution in [0.15, 0.2) is 12.7 Å². The average molecular weight is 236 g/mol. The SMILES string of the molecule is C=CC1CCC(CCCCCCCCC)CC1. The van der Waals surface area contributed by atoms with Crippen LogP contribution in [0.4, 0.5) is 0 Å². The van der Waals surface area contributed by atoms with Crippen molar-refractivity contribution < 1.29 is 0 Å². The first kappa shape index (κ1) is 14.8. The fraction of sp³-hybridized carbons (Fsp3) is 0.882. The van der Waals surface area contributed by atoms with Crippen LogP contribution in [0, 0.1) is 11.8 Å². The highest BCUT2D eigenvalue weighted by Crippen LogP contribution is 2.32. The van der Waals surface area contributed by atoms with Gasteiger partial charge in [0.15, 0.2) is 0 Å². The van der Waals surface area contributed by atoms with E-state index in [2.05, 4.69) is 19.6 Å². The van der Waals surface area contributed by atoms with Gasteiger partial charge >= 0.3 is 0 Å². The van der Waals surface area contributed by atoms with Crippen LogP contribution in [0.2, 0.25) is 0 Å². The Morgan fingerprint density at radius 1 is 0.882 bits per heavy atom. The van der Waals surface area contributed by atoms with Crippen LogP contribution in [0.3, 0.4) is 0 Å². The lowest BCUT2D eigenvalue weighted by Gasteiger charge is -2.26. The van der Waals surface area contributed by atoms with Gasteiger partial charge in [0.05, 0.1) is 0 Å². The molecule has 0 aromatic heterocycles. The van der Waals surface area contributed by atoms with Gasteiger partial charge in [0.25, 0.3) is 0 Å². The standard InChI is InChI=1S/C17H32/c1-3-5-6-7-8-9-10-11-17-14-12-16(4-2)13-15-17/h4,16-17H,2-3,5-15H2,1H3. The third-order valence-corrected chi connectivity index (χ3v) is 4.44. The van der Waals surface area contributed by atoms with Crippen molar-refractivity contribution in [1.29, 1.82) is 0 Å². The van der Waals surface area contributed by atoms with Crippen molar-refractivity contribution in [2.75, 3.05) is 0 Å². The molecule has 1 aliphatic rings. The Morgan fingerprint density at radius 3 is 2.06 bits per heavy atom. The topological polar surface area (TPSA) is 0 Å². The first-order valence-electron chi connectivity index (χ1n) is 7.99. The molecule has 0 unspecified atom stereocenters. The number of hydrogen-bond donors (Lipinski definition) is 0. The van der Waals surface area contributed by atoms with Gasteiger partial charge in [-0.05, 0) is 37.5 Å². The number of unbranched alkanes of at least 4 members (excludes halogenated alkanes) is 6. The van der Waals surface area contributed by atoms with E-state index in [9.17, 15) is 0 Å². The summed E-state index contributed by atoms with van der Waals surface area (Å²) in [6, 6.07) is 0. The van der Waals surface area contributed by atoms with E-state index >= 15 is 0 Å². The van der Waals surface area contributed by atoms with Crippen LogP contribution in [0.25, 0.3) is 0 Å². The van der Waals surface area contributed by atoms with Crippen LogP contribution in [0.1, 0.15) is 84.0 Å². The minimum absolute atomic E-state index is 0.834. The van der Waals surface area contributed by atoms with Gasteiger partial charge in [-0.1, -0.05) is 64.4 Å². The second kappa shape index (κ2) is 9.74. The minimum atomic E-state index is 0.834. The number of rotatable bonds is 9. The van der Waals surface area contributed by atoms with Crippen molar-refractivity contribution >= 4 is 0 Å². The molecule has 0 saturated heterocycles. The van der Waals surface area contributed by atoms with Crippen LogP contribution < -0.4 is 0 Å². The lowest BCUT2D eigenvalue weighted by atomic mass is 9.80. The van der Waals surface area contributed by atoms with Gasteiger partial charge in [-0.2, -0.15) is 0 Å². The zero-order valence-electron chi connectivity index (χ0n) is 11.9. The Bertz CT molecular complexity index is 174. The third kappa shape index (κ3) is 6.91. The van der Waals surface area contributed by atoms with Crippen molar-refractivity contribution in [1.82, 2.24) is 0 Å². The molecular weight excluding hydrogens is 204 g/mol. The molecule has 1 fully saturated rings. The Balaban J connectivity index is 1.88. The Morgan fingerprint density at radius 2 is 1.47 bits per heavy atom. The molecule has 0 aliphatic heterocycles. The van der Waals surface area contributed by atoms with Crippen molar-refractivity contribution in [3.8, 4) is 0 Å². The lowest BCUT2D eigenvalue weighted by molar-refractivity contribution is 0.288. The summed E-state index contributed by atoms with van der Waals surface area (Å²) >= 11 is 0. The Labute approximate surface area is 109 Å². The Kier molecular flexibility index (Phi) is 8.48. The van der Waals surface area contributed by atoms with Gasteiger partial charge in [0.2, 0.25) is 0 Å². The first-order valence-corrected chi connectivity index (χ1v) is 7.99. The van der Waals surface area contributed by atoms with E-state index in [1.807, 2.05) is 0 Å². The summed E-state index contributed by atoms with van der Waals surface area (Å²) < 4.78 is 0. The van der Waals surface area contributed by atoms with Crippen LogP contribution in [-0.4, -0.2) is 0 Å². The summed E-state index contributed by atoms with van der Waals surface area (Å²) in [7, 11) is 0. The summed E-state index contributed by atoms with van der Waals surface area (Å²) in [6.07, 6.45) is 19.6. The molecule has 100 valence electrons. The predicted octanol–water partition coefficient (Wildman–Crippen LogP) is 6.12. The molecule has 0 aromatic rings. The van der Waals surface area contributed by atoms with E-state index in [-0.39, 0.29) is 0 Å². The lowest BCUT2D eigenvalue weighted by Crippen LogP contribution is -2.12. The van der Waals surface area contributed by atoms with E-state index < -0.39 is 0 Å². The third-order valence-electron chi connectivity index (χ3n) is 4.44. The van der Waals surface area contributed by atoms with E-state index in [0.29, 0.717) is 0 Å². The molecule has 0 nitrogen and oxygen atoms in total. The van der Waals surface area contributed by atoms with Gasteiger partial charge in [-0.15, -0.1) is 6.58 Å². The van der Waals surface area contributed by atoms with Gasteiger partial charge < -0.3 is 0 Å². The maximum atomic E-state index is 3.92. The van der Waals surface area contributed by atoms with Crippen LogP contribution in [-0.2, 0) is 0 Å². The van der Waals surface area contributed by atoms with Gasteiger partial charge in [-0.3, -0.25) is 0 Å². The van der Waals surface area contributed by atoms with Crippen molar-refractivity contribution in [3.63, 3.8) is 0 Å². The van der Waals surface area contributed by atoms with Crippen molar-refractivity contribution in [3.05, 3.63) is 12.7 Å². The fourth-order valence-corrected chi connectivity index (χ4v) is 3.10. The Hall–Kier alpha value is -0.260. The summed E-state index contributed by atoms with van der Waals surface area (Å²) in [5.74, 6) is 1.88. The largest absolute Gasteiger partial charge is 0.103 e. The predicted molar refractivity (Wildman–Crippen MR) is 78.3 cm³/mol. The highest BCUT2D eigenvalue weighted by atomic mass is 14.2. The molecule has 0 N–H and O–H groups in total. The highest BCUT2D eigenvalue weighted by Gasteiger charge is 2.18. The summed E-state index contributed by atoms with van der Waals surface area (Å²) in [4.78, 5) is 0. The summed E-state index contributed by atoms with van der Waals surface area (Å²) in [5, 5.41) is 0. The zero-order chi connectivity index (χ0) is 12.3. The second-order valence-corrected chi connectivity index (χ2v) is 5.93. The van der Waals surface area contributed by atoms with Gasteiger partial charge in [0.1, 0.15) is 0 Å².